The molecule has 2 aromatic rings. The van der Waals surface area contributed by atoms with Gasteiger partial charge < -0.3 is 5.73 Å². The summed E-state index contributed by atoms with van der Waals surface area (Å²) in [7, 11) is 1.78. The molecule has 0 atom stereocenters. The minimum Gasteiger partial charge on any atom is -0.398 e. The molecule has 0 amide bonds. The normalized spacial score (nSPS) is 15.1. The number of tetrazole rings is 1. The highest BCUT2D eigenvalue weighted by Gasteiger charge is 2.30. The van der Waals surface area contributed by atoms with Gasteiger partial charge in [0.25, 0.3) is 0 Å². The predicted octanol–water partition coefficient (Wildman–Crippen LogP) is 0.957. The Morgan fingerprint density at radius 3 is 2.74 bits per heavy atom. The van der Waals surface area contributed by atoms with Crippen molar-refractivity contribution in [2.24, 2.45) is 7.05 Å². The van der Waals surface area contributed by atoms with E-state index in [9.17, 15) is 0 Å². The van der Waals surface area contributed by atoms with Crippen LogP contribution in [0.3, 0.4) is 0 Å². The molecule has 0 spiro atoms. The summed E-state index contributed by atoms with van der Waals surface area (Å²) in [6.45, 7) is 1.57. The second-order valence-electron chi connectivity index (χ2n) is 5.03. The average molecular weight is 258 g/mol. The van der Waals surface area contributed by atoms with Crippen LogP contribution in [0.15, 0.2) is 24.3 Å². The minimum absolute atomic E-state index is 0.628. The summed E-state index contributed by atoms with van der Waals surface area (Å²) in [6, 6.07) is 8.64. The molecular formula is C13H18N6. The van der Waals surface area contributed by atoms with Crippen molar-refractivity contribution in [3.8, 4) is 0 Å². The van der Waals surface area contributed by atoms with Gasteiger partial charge in [-0.1, -0.05) is 18.2 Å². The van der Waals surface area contributed by atoms with Crippen molar-refractivity contribution in [3.63, 3.8) is 0 Å². The Hall–Kier alpha value is -1.95. The van der Waals surface area contributed by atoms with Crippen LogP contribution in [0.4, 0.5) is 5.69 Å². The lowest BCUT2D eigenvalue weighted by Gasteiger charge is -2.21. The van der Waals surface area contributed by atoms with Crippen LogP contribution in [0.1, 0.15) is 24.2 Å². The first-order chi connectivity index (χ1) is 9.22. The second-order valence-corrected chi connectivity index (χ2v) is 5.03. The van der Waals surface area contributed by atoms with E-state index in [1.165, 1.54) is 23.2 Å². The van der Waals surface area contributed by atoms with Crippen LogP contribution in [-0.4, -0.2) is 31.1 Å². The molecule has 6 heteroatoms. The summed E-state index contributed by atoms with van der Waals surface area (Å²) in [4.78, 5) is 3.87. The molecule has 1 aliphatic carbocycles. The van der Waals surface area contributed by atoms with E-state index in [1.54, 1.807) is 7.05 Å². The molecule has 1 aromatic heterocycles. The number of aromatic nitrogens is 4. The number of nitrogen functional groups attached to an aromatic ring is 1. The van der Waals surface area contributed by atoms with E-state index < -0.39 is 0 Å². The molecule has 1 aliphatic rings. The van der Waals surface area contributed by atoms with Gasteiger partial charge in [0.2, 0.25) is 0 Å². The number of anilines is 1. The molecule has 6 nitrogen and oxygen atoms in total. The van der Waals surface area contributed by atoms with Gasteiger partial charge in [-0.05, 0) is 29.7 Å². The monoisotopic (exact) mass is 258 g/mol. The number of nitrogens with two attached hydrogens (primary N) is 1. The van der Waals surface area contributed by atoms with E-state index in [0.717, 1.165) is 24.6 Å². The SMILES string of the molecule is Cn1nnc(CN(Cc2ccccc2N)C2CC2)n1. The second kappa shape index (κ2) is 4.97. The minimum atomic E-state index is 0.628. The van der Waals surface area contributed by atoms with E-state index in [0.29, 0.717) is 6.04 Å². The Balaban J connectivity index is 1.73. The lowest BCUT2D eigenvalue weighted by molar-refractivity contribution is 0.239. The Morgan fingerprint density at radius 1 is 1.32 bits per heavy atom. The predicted molar refractivity (Wildman–Crippen MR) is 71.9 cm³/mol. The molecule has 0 saturated heterocycles. The van der Waals surface area contributed by atoms with E-state index in [2.05, 4.69) is 26.4 Å². The van der Waals surface area contributed by atoms with Crippen molar-refractivity contribution in [2.75, 3.05) is 5.73 Å². The van der Waals surface area contributed by atoms with Crippen LogP contribution in [0.25, 0.3) is 0 Å². The standard InChI is InChI=1S/C13H18N6/c1-18-16-13(15-17-18)9-19(11-6-7-11)8-10-4-2-3-5-12(10)14/h2-5,11H,6-9,14H2,1H3. The highest BCUT2D eigenvalue weighted by molar-refractivity contribution is 5.46. The summed E-state index contributed by atoms with van der Waals surface area (Å²) >= 11 is 0. The van der Waals surface area contributed by atoms with Gasteiger partial charge in [-0.2, -0.15) is 4.80 Å². The van der Waals surface area contributed by atoms with Gasteiger partial charge in [-0.25, -0.2) is 0 Å². The van der Waals surface area contributed by atoms with Crippen LogP contribution in [0, 0.1) is 0 Å². The van der Waals surface area contributed by atoms with Gasteiger partial charge in [0, 0.05) is 18.3 Å². The fraction of sp³-hybridized carbons (Fsp3) is 0.462. The summed E-state index contributed by atoms with van der Waals surface area (Å²) in [5.74, 6) is 0.768. The molecule has 100 valence electrons. The molecule has 1 aromatic carbocycles. The molecule has 2 N–H and O–H groups in total. The summed E-state index contributed by atoms with van der Waals surface area (Å²) in [6.07, 6.45) is 2.49. The molecule has 0 aliphatic heterocycles. The zero-order valence-electron chi connectivity index (χ0n) is 11.0. The summed E-state index contributed by atoms with van der Waals surface area (Å²) in [5.41, 5.74) is 8.03. The Bertz CT molecular complexity index is 560. The quantitative estimate of drug-likeness (QED) is 0.809. The van der Waals surface area contributed by atoms with Crippen LogP contribution < -0.4 is 5.73 Å². The van der Waals surface area contributed by atoms with Crippen molar-refractivity contribution in [1.82, 2.24) is 25.1 Å². The maximum atomic E-state index is 6.01. The van der Waals surface area contributed by atoms with Crippen molar-refractivity contribution in [3.05, 3.63) is 35.7 Å². The van der Waals surface area contributed by atoms with E-state index in [4.69, 9.17) is 5.73 Å². The molecule has 1 saturated carbocycles. The fourth-order valence-electron chi connectivity index (χ4n) is 2.22. The maximum absolute atomic E-state index is 6.01. The topological polar surface area (TPSA) is 72.9 Å². The van der Waals surface area contributed by atoms with Crippen LogP contribution in [-0.2, 0) is 20.1 Å². The first-order valence-corrected chi connectivity index (χ1v) is 6.52. The van der Waals surface area contributed by atoms with Gasteiger partial charge in [0.1, 0.15) is 0 Å². The largest absolute Gasteiger partial charge is 0.398 e. The molecule has 3 rings (SSSR count). The highest BCUT2D eigenvalue weighted by atomic mass is 15.6. The van der Waals surface area contributed by atoms with E-state index in [1.807, 2.05) is 18.2 Å². The smallest absolute Gasteiger partial charge is 0.188 e. The maximum Gasteiger partial charge on any atom is 0.188 e. The number of hydrogen-bond acceptors (Lipinski definition) is 5. The number of hydrogen-bond donors (Lipinski definition) is 1. The van der Waals surface area contributed by atoms with E-state index >= 15 is 0 Å². The molecular weight excluding hydrogens is 240 g/mol. The van der Waals surface area contributed by atoms with Gasteiger partial charge in [-0.3, -0.25) is 4.90 Å². The average Bonchev–Trinajstić information content (AvgIpc) is 3.16. The Labute approximate surface area is 112 Å². The molecule has 1 fully saturated rings. The lowest BCUT2D eigenvalue weighted by atomic mass is 10.1. The van der Waals surface area contributed by atoms with Crippen LogP contribution in [0.2, 0.25) is 0 Å². The Morgan fingerprint density at radius 2 is 2.11 bits per heavy atom. The number of para-hydroxylation sites is 1. The first kappa shape index (κ1) is 12.1. The number of rotatable bonds is 5. The molecule has 0 unspecified atom stereocenters. The van der Waals surface area contributed by atoms with Crippen molar-refractivity contribution < 1.29 is 0 Å². The zero-order valence-corrected chi connectivity index (χ0v) is 11.0. The molecule has 0 radical (unpaired) electrons. The molecule has 1 heterocycles. The number of nitrogens with zero attached hydrogens (tertiary/aromatic N) is 5. The van der Waals surface area contributed by atoms with Crippen LogP contribution in [0.5, 0.6) is 0 Å². The third kappa shape index (κ3) is 2.90. The van der Waals surface area contributed by atoms with Crippen molar-refractivity contribution >= 4 is 5.69 Å². The first-order valence-electron chi connectivity index (χ1n) is 6.52. The van der Waals surface area contributed by atoms with Gasteiger partial charge in [-0.15, -0.1) is 10.2 Å². The van der Waals surface area contributed by atoms with Gasteiger partial charge in [0.05, 0.1) is 13.6 Å². The zero-order chi connectivity index (χ0) is 13.2. The third-order valence-corrected chi connectivity index (χ3v) is 3.39. The molecule has 19 heavy (non-hydrogen) atoms. The van der Waals surface area contributed by atoms with Gasteiger partial charge in [0.15, 0.2) is 5.82 Å². The van der Waals surface area contributed by atoms with Crippen LogP contribution >= 0.6 is 0 Å². The summed E-state index contributed by atoms with van der Waals surface area (Å²) in [5, 5.41) is 12.2. The number of benzene rings is 1. The Kier molecular flexibility index (Phi) is 3.16. The highest BCUT2D eigenvalue weighted by Crippen LogP contribution is 2.30. The number of aryl methyl sites for hydroxylation is 1. The van der Waals surface area contributed by atoms with Crippen molar-refractivity contribution in [1.29, 1.82) is 0 Å². The summed E-state index contributed by atoms with van der Waals surface area (Å²) < 4.78 is 0. The van der Waals surface area contributed by atoms with Gasteiger partial charge >= 0.3 is 0 Å². The molecule has 0 bridgehead atoms. The lowest BCUT2D eigenvalue weighted by Crippen LogP contribution is -2.26. The van der Waals surface area contributed by atoms with Crippen molar-refractivity contribution in [2.45, 2.75) is 32.0 Å². The fourth-order valence-corrected chi connectivity index (χ4v) is 2.22. The van der Waals surface area contributed by atoms with E-state index in [-0.39, 0.29) is 0 Å². The third-order valence-electron chi connectivity index (χ3n) is 3.39.